The largest absolute Gasteiger partial charge is 0.386 e. The highest BCUT2D eigenvalue weighted by molar-refractivity contribution is 14.0. The Bertz CT molecular complexity index is 478. The lowest BCUT2D eigenvalue weighted by Gasteiger charge is -2.14. The van der Waals surface area contributed by atoms with E-state index in [4.69, 9.17) is 4.74 Å². The van der Waals surface area contributed by atoms with Gasteiger partial charge in [-0.2, -0.15) is 0 Å². The molecule has 0 aliphatic heterocycles. The molecule has 0 radical (unpaired) electrons. The maximum atomic E-state index is 10.2. The number of nitrogens with zero attached hydrogens (tertiary/aromatic N) is 1. The first-order valence-electron chi connectivity index (χ1n) is 8.87. The van der Waals surface area contributed by atoms with Gasteiger partial charge in [0, 0.05) is 19.7 Å². The molecule has 5 nitrogen and oxygen atoms in total. The average Bonchev–Trinajstić information content (AvgIpc) is 2.55. The van der Waals surface area contributed by atoms with Crippen molar-refractivity contribution in [1.82, 2.24) is 10.6 Å². The third kappa shape index (κ3) is 11.4. The molecule has 3 N–H and O–H groups in total. The minimum absolute atomic E-state index is 0. The molecule has 0 aliphatic rings. The first kappa shape index (κ1) is 24.1. The van der Waals surface area contributed by atoms with E-state index in [1.807, 2.05) is 38.1 Å². The van der Waals surface area contributed by atoms with Gasteiger partial charge < -0.3 is 20.5 Å². The molecule has 0 amide bonds. The molecule has 144 valence electrons. The predicted octanol–water partition coefficient (Wildman–Crippen LogP) is 3.26. The zero-order valence-corrected chi connectivity index (χ0v) is 18.2. The Morgan fingerprint density at radius 2 is 1.84 bits per heavy atom. The number of ether oxygens (including phenoxy) is 1. The van der Waals surface area contributed by atoms with Crippen LogP contribution in [0, 0.1) is 12.8 Å². The standard InChI is InChI=1S/C19H33N3O2.HI/c1-5-20-19(21-11-13-24-12-10-15(2)3)22-14-18(23)17-8-6-16(4)7-9-17;/h6-9,15,18,23H,5,10-14H2,1-4H3,(H2,20,21,22);1H. The Labute approximate surface area is 169 Å². The third-order valence-corrected chi connectivity index (χ3v) is 3.61. The number of rotatable bonds is 10. The molecule has 0 aliphatic carbocycles. The van der Waals surface area contributed by atoms with Crippen molar-refractivity contribution in [2.24, 2.45) is 10.9 Å². The molecular weight excluding hydrogens is 429 g/mol. The summed E-state index contributed by atoms with van der Waals surface area (Å²) < 4.78 is 5.58. The van der Waals surface area contributed by atoms with Crippen LogP contribution in [-0.2, 0) is 4.74 Å². The average molecular weight is 463 g/mol. The summed E-state index contributed by atoms with van der Waals surface area (Å²) in [7, 11) is 0. The molecule has 1 atom stereocenters. The van der Waals surface area contributed by atoms with Crippen molar-refractivity contribution >= 4 is 29.9 Å². The van der Waals surface area contributed by atoms with Crippen LogP contribution in [0.15, 0.2) is 29.3 Å². The van der Waals surface area contributed by atoms with Gasteiger partial charge in [-0.3, -0.25) is 4.99 Å². The number of aryl methyl sites for hydroxylation is 1. The number of benzene rings is 1. The van der Waals surface area contributed by atoms with Crippen molar-refractivity contribution in [3.63, 3.8) is 0 Å². The molecule has 1 rings (SSSR count). The lowest BCUT2D eigenvalue weighted by Crippen LogP contribution is -2.39. The molecule has 0 saturated carbocycles. The van der Waals surface area contributed by atoms with Gasteiger partial charge >= 0.3 is 0 Å². The van der Waals surface area contributed by atoms with Crippen molar-refractivity contribution in [1.29, 1.82) is 0 Å². The highest BCUT2D eigenvalue weighted by Gasteiger charge is 2.07. The summed E-state index contributed by atoms with van der Waals surface area (Å²) in [5.74, 6) is 1.37. The minimum atomic E-state index is -0.594. The van der Waals surface area contributed by atoms with Gasteiger partial charge in [0.15, 0.2) is 5.96 Å². The highest BCUT2D eigenvalue weighted by Crippen LogP contribution is 2.13. The van der Waals surface area contributed by atoms with Crippen LogP contribution >= 0.6 is 24.0 Å². The summed E-state index contributed by atoms with van der Waals surface area (Å²) in [5.41, 5.74) is 2.07. The van der Waals surface area contributed by atoms with E-state index in [0.717, 1.165) is 25.1 Å². The number of guanidine groups is 1. The highest BCUT2D eigenvalue weighted by atomic mass is 127. The number of aliphatic hydroxyl groups excluding tert-OH is 1. The topological polar surface area (TPSA) is 65.9 Å². The van der Waals surface area contributed by atoms with Crippen LogP contribution in [0.5, 0.6) is 0 Å². The van der Waals surface area contributed by atoms with E-state index in [-0.39, 0.29) is 24.0 Å². The molecule has 1 aromatic rings. The molecule has 0 spiro atoms. The number of hydrogen-bond acceptors (Lipinski definition) is 3. The maximum Gasteiger partial charge on any atom is 0.191 e. The van der Waals surface area contributed by atoms with Gasteiger partial charge in [-0.25, -0.2) is 0 Å². The van der Waals surface area contributed by atoms with Gasteiger partial charge in [-0.15, -0.1) is 24.0 Å². The fourth-order valence-electron chi connectivity index (χ4n) is 2.08. The van der Waals surface area contributed by atoms with Gasteiger partial charge in [0.25, 0.3) is 0 Å². The summed E-state index contributed by atoms with van der Waals surface area (Å²) in [5, 5.41) is 16.6. The van der Waals surface area contributed by atoms with E-state index in [1.54, 1.807) is 0 Å². The SMILES string of the molecule is CCNC(=NCC(O)c1ccc(C)cc1)NCCOCCC(C)C.I. The lowest BCUT2D eigenvalue weighted by molar-refractivity contribution is 0.128. The Kier molecular flexibility index (Phi) is 13.8. The summed E-state index contributed by atoms with van der Waals surface area (Å²) in [6, 6.07) is 7.89. The monoisotopic (exact) mass is 463 g/mol. The third-order valence-electron chi connectivity index (χ3n) is 3.61. The minimum Gasteiger partial charge on any atom is -0.386 e. The second kappa shape index (κ2) is 14.3. The quantitative estimate of drug-likeness (QED) is 0.216. The van der Waals surface area contributed by atoms with E-state index in [2.05, 4.69) is 29.5 Å². The molecule has 25 heavy (non-hydrogen) atoms. The normalized spacial score (nSPS) is 12.6. The Hall–Kier alpha value is -0.860. The van der Waals surface area contributed by atoms with Crippen LogP contribution in [0.3, 0.4) is 0 Å². The summed E-state index contributed by atoms with van der Waals surface area (Å²) in [6.07, 6.45) is 0.486. The van der Waals surface area contributed by atoms with Crippen LogP contribution in [0.2, 0.25) is 0 Å². The molecule has 6 heteroatoms. The first-order chi connectivity index (χ1) is 11.5. The number of halogens is 1. The van der Waals surface area contributed by atoms with Crippen molar-refractivity contribution in [3.8, 4) is 0 Å². The van der Waals surface area contributed by atoms with E-state index in [0.29, 0.717) is 31.6 Å². The van der Waals surface area contributed by atoms with Crippen molar-refractivity contribution in [3.05, 3.63) is 35.4 Å². The van der Waals surface area contributed by atoms with E-state index < -0.39 is 6.10 Å². The van der Waals surface area contributed by atoms with Crippen LogP contribution in [0.25, 0.3) is 0 Å². The van der Waals surface area contributed by atoms with E-state index in [9.17, 15) is 5.11 Å². The smallest absolute Gasteiger partial charge is 0.191 e. The fourth-order valence-corrected chi connectivity index (χ4v) is 2.08. The van der Waals surface area contributed by atoms with Gasteiger partial charge in [0.1, 0.15) is 0 Å². The van der Waals surface area contributed by atoms with Gasteiger partial charge in [0.05, 0.1) is 19.3 Å². The predicted molar refractivity (Wildman–Crippen MR) is 116 cm³/mol. The number of hydrogen-bond donors (Lipinski definition) is 3. The summed E-state index contributed by atoms with van der Waals surface area (Å²) in [4.78, 5) is 4.45. The second-order valence-electron chi connectivity index (χ2n) is 6.37. The van der Waals surface area contributed by atoms with Crippen molar-refractivity contribution in [2.75, 3.05) is 32.8 Å². The molecule has 0 saturated heterocycles. The number of aliphatic imine (C=N–C) groups is 1. The van der Waals surface area contributed by atoms with Gasteiger partial charge in [-0.1, -0.05) is 43.7 Å². The first-order valence-corrected chi connectivity index (χ1v) is 8.87. The van der Waals surface area contributed by atoms with Gasteiger partial charge in [-0.05, 0) is 31.7 Å². The number of aliphatic hydroxyl groups is 1. The number of nitrogens with one attached hydrogen (secondary N) is 2. The van der Waals surface area contributed by atoms with Gasteiger partial charge in [0.2, 0.25) is 0 Å². The summed E-state index contributed by atoms with van der Waals surface area (Å²) >= 11 is 0. The Morgan fingerprint density at radius 1 is 1.16 bits per heavy atom. The fraction of sp³-hybridized carbons (Fsp3) is 0.632. The van der Waals surface area contributed by atoms with Crippen LogP contribution in [-0.4, -0.2) is 43.9 Å². The maximum absolute atomic E-state index is 10.2. The molecule has 0 bridgehead atoms. The Morgan fingerprint density at radius 3 is 2.44 bits per heavy atom. The van der Waals surface area contributed by atoms with Crippen LogP contribution in [0.1, 0.15) is 44.4 Å². The zero-order chi connectivity index (χ0) is 17.8. The van der Waals surface area contributed by atoms with Crippen molar-refractivity contribution in [2.45, 2.75) is 40.2 Å². The molecule has 0 aromatic heterocycles. The molecule has 0 fully saturated rings. The second-order valence-corrected chi connectivity index (χ2v) is 6.37. The van der Waals surface area contributed by atoms with E-state index in [1.165, 1.54) is 5.56 Å². The van der Waals surface area contributed by atoms with Crippen molar-refractivity contribution < 1.29 is 9.84 Å². The van der Waals surface area contributed by atoms with Crippen LogP contribution in [0.4, 0.5) is 0 Å². The van der Waals surface area contributed by atoms with E-state index >= 15 is 0 Å². The molecular formula is C19H34IN3O2. The molecule has 1 aromatic carbocycles. The summed E-state index contributed by atoms with van der Waals surface area (Å²) in [6.45, 7) is 11.7. The van der Waals surface area contributed by atoms with Crippen LogP contribution < -0.4 is 10.6 Å². The Balaban J connectivity index is 0.00000576. The molecule has 1 unspecified atom stereocenters. The zero-order valence-electron chi connectivity index (χ0n) is 15.9. The lowest BCUT2D eigenvalue weighted by atomic mass is 10.1. The molecule has 0 heterocycles.